The molecule has 0 unspecified atom stereocenters. The molecule has 22 heavy (non-hydrogen) atoms. The van der Waals surface area contributed by atoms with Gasteiger partial charge in [0.05, 0.1) is 9.95 Å². The average Bonchev–Trinajstić information content (AvgIpc) is 2.45. The molecule has 0 aliphatic carbocycles. The Labute approximate surface area is 128 Å². The second-order valence-corrected chi connectivity index (χ2v) is 4.67. The van der Waals surface area contributed by atoms with Crippen LogP contribution in [0.5, 0.6) is 0 Å². The molecule has 0 saturated carbocycles. The van der Waals surface area contributed by atoms with Crippen LogP contribution in [-0.4, -0.2) is 15.4 Å². The lowest BCUT2D eigenvalue weighted by Gasteiger charge is -2.07. The van der Waals surface area contributed by atoms with E-state index >= 15 is 0 Å². The number of halogens is 2. The number of hydrogen-bond acceptors (Lipinski definition) is 4. The van der Waals surface area contributed by atoms with Crippen LogP contribution in [0.1, 0.15) is 0 Å². The van der Waals surface area contributed by atoms with E-state index in [0.29, 0.717) is 0 Å². The lowest BCUT2D eigenvalue weighted by molar-refractivity contribution is -0.386. The second kappa shape index (κ2) is 6.35. The first kappa shape index (κ1) is 15.6. The maximum Gasteiger partial charge on any atom is 0.334 e. The molecule has 114 valence electrons. The minimum Gasteiger partial charge on any atom is -0.324 e. The molecule has 0 bridgehead atoms. The Morgan fingerprint density at radius 2 is 2.14 bits per heavy atom. The van der Waals surface area contributed by atoms with E-state index in [1.807, 2.05) is 0 Å². The average molecular weight is 326 g/mol. The Morgan fingerprint density at radius 3 is 2.77 bits per heavy atom. The number of carbonyl (C=O) groups is 1. The van der Waals surface area contributed by atoms with Crippen LogP contribution in [0, 0.1) is 15.9 Å². The number of anilines is 1. The lowest BCUT2D eigenvalue weighted by Crippen LogP contribution is -2.28. The first-order chi connectivity index (χ1) is 10.4. The quantitative estimate of drug-likeness (QED) is 0.688. The molecule has 9 heteroatoms. The number of amides is 1. The summed E-state index contributed by atoms with van der Waals surface area (Å²) in [6, 6.07) is 5.94. The van der Waals surface area contributed by atoms with Crippen LogP contribution in [-0.2, 0) is 11.3 Å². The molecule has 1 aromatic heterocycles. The van der Waals surface area contributed by atoms with Gasteiger partial charge in [0.1, 0.15) is 12.4 Å². The van der Waals surface area contributed by atoms with E-state index in [1.54, 1.807) is 0 Å². The summed E-state index contributed by atoms with van der Waals surface area (Å²) >= 11 is 5.58. The Morgan fingerprint density at radius 1 is 1.41 bits per heavy atom. The van der Waals surface area contributed by atoms with Gasteiger partial charge in [0.25, 0.3) is 0 Å². The maximum absolute atomic E-state index is 13.0. The summed E-state index contributed by atoms with van der Waals surface area (Å²) < 4.78 is 13.9. The number of carbonyl (C=O) groups excluding carboxylic acids is 1. The van der Waals surface area contributed by atoms with Crippen molar-refractivity contribution in [2.24, 2.45) is 0 Å². The highest BCUT2D eigenvalue weighted by molar-refractivity contribution is 6.31. The molecule has 1 N–H and O–H groups in total. The van der Waals surface area contributed by atoms with Crippen LogP contribution < -0.4 is 10.9 Å². The number of nitro groups is 1. The zero-order valence-electron chi connectivity index (χ0n) is 11.0. The fraction of sp³-hybridized carbons (Fsp3) is 0.0769. The van der Waals surface area contributed by atoms with E-state index in [2.05, 4.69) is 5.32 Å². The number of hydrogen-bond donors (Lipinski definition) is 1. The predicted octanol–water partition coefficient (Wildman–Crippen LogP) is 2.19. The summed E-state index contributed by atoms with van der Waals surface area (Å²) in [6.45, 7) is -0.421. The van der Waals surface area contributed by atoms with Crippen LogP contribution in [0.3, 0.4) is 0 Å². The van der Waals surface area contributed by atoms with Crippen molar-refractivity contribution in [2.45, 2.75) is 6.54 Å². The third-order valence-electron chi connectivity index (χ3n) is 2.71. The van der Waals surface area contributed by atoms with Crippen LogP contribution in [0.15, 0.2) is 41.3 Å². The van der Waals surface area contributed by atoms with Gasteiger partial charge in [-0.15, -0.1) is 0 Å². The van der Waals surface area contributed by atoms with Gasteiger partial charge >= 0.3 is 11.2 Å². The van der Waals surface area contributed by atoms with Crippen molar-refractivity contribution in [1.82, 2.24) is 4.57 Å². The van der Waals surface area contributed by atoms with Crippen LogP contribution in [0.4, 0.5) is 15.8 Å². The molecule has 0 aliphatic rings. The number of benzene rings is 1. The first-order valence-corrected chi connectivity index (χ1v) is 6.35. The smallest absolute Gasteiger partial charge is 0.324 e. The molecule has 0 saturated heterocycles. The number of nitrogens with zero attached hydrogens (tertiary/aromatic N) is 2. The predicted molar refractivity (Wildman–Crippen MR) is 77.4 cm³/mol. The Bertz CT molecular complexity index is 806. The van der Waals surface area contributed by atoms with Gasteiger partial charge in [0.2, 0.25) is 5.91 Å². The zero-order chi connectivity index (χ0) is 16.3. The van der Waals surface area contributed by atoms with E-state index in [4.69, 9.17) is 11.6 Å². The highest BCUT2D eigenvalue weighted by Crippen LogP contribution is 2.19. The van der Waals surface area contributed by atoms with Gasteiger partial charge in [-0.25, -0.2) is 4.39 Å². The van der Waals surface area contributed by atoms with Crippen LogP contribution in [0.25, 0.3) is 0 Å². The third-order valence-corrected chi connectivity index (χ3v) is 3.00. The standard InChI is InChI=1S/C13H9ClFN3O4/c14-9-6-8(3-4-10(9)15)16-12(19)7-17-5-1-2-11(13(17)20)18(21)22/h1-6H,7H2,(H,16,19). The molecule has 1 amide bonds. The SMILES string of the molecule is O=C(Cn1cccc([N+](=O)[O-])c1=O)Nc1ccc(F)c(Cl)c1. The van der Waals surface area contributed by atoms with Gasteiger partial charge in [-0.3, -0.25) is 19.7 Å². The van der Waals surface area contributed by atoms with Crippen molar-refractivity contribution in [1.29, 1.82) is 0 Å². The lowest BCUT2D eigenvalue weighted by atomic mass is 10.3. The van der Waals surface area contributed by atoms with Gasteiger partial charge in [-0.2, -0.15) is 0 Å². The molecular formula is C13H9ClFN3O4. The van der Waals surface area contributed by atoms with Crippen molar-refractivity contribution >= 4 is 28.9 Å². The molecule has 2 aromatic rings. The molecule has 0 atom stereocenters. The monoisotopic (exact) mass is 325 g/mol. The molecule has 2 rings (SSSR count). The van der Waals surface area contributed by atoms with Crippen LogP contribution >= 0.6 is 11.6 Å². The largest absolute Gasteiger partial charge is 0.334 e. The van der Waals surface area contributed by atoms with Crippen molar-refractivity contribution in [3.63, 3.8) is 0 Å². The fourth-order valence-electron chi connectivity index (χ4n) is 1.72. The minimum absolute atomic E-state index is 0.162. The van der Waals surface area contributed by atoms with Crippen molar-refractivity contribution in [3.8, 4) is 0 Å². The summed E-state index contributed by atoms with van der Waals surface area (Å²) in [5.74, 6) is -1.24. The molecular weight excluding hydrogens is 317 g/mol. The van der Waals surface area contributed by atoms with Gasteiger partial charge in [-0.05, 0) is 24.3 Å². The van der Waals surface area contributed by atoms with Gasteiger partial charge in [-0.1, -0.05) is 11.6 Å². The zero-order valence-corrected chi connectivity index (χ0v) is 11.7. The Hall–Kier alpha value is -2.74. The molecule has 7 nitrogen and oxygen atoms in total. The molecule has 0 spiro atoms. The van der Waals surface area contributed by atoms with E-state index < -0.39 is 34.4 Å². The minimum atomic E-state index is -0.889. The highest BCUT2D eigenvalue weighted by Gasteiger charge is 2.15. The summed E-state index contributed by atoms with van der Waals surface area (Å²) in [4.78, 5) is 33.4. The summed E-state index contributed by atoms with van der Waals surface area (Å²) in [6.07, 6.45) is 1.26. The molecule has 1 heterocycles. The Balaban J connectivity index is 2.16. The normalized spacial score (nSPS) is 10.3. The first-order valence-electron chi connectivity index (χ1n) is 5.97. The van der Waals surface area contributed by atoms with Crippen molar-refractivity contribution < 1.29 is 14.1 Å². The third kappa shape index (κ3) is 3.47. The van der Waals surface area contributed by atoms with Gasteiger partial charge < -0.3 is 9.88 Å². The second-order valence-electron chi connectivity index (χ2n) is 4.26. The fourth-order valence-corrected chi connectivity index (χ4v) is 1.90. The van der Waals surface area contributed by atoms with E-state index in [0.717, 1.165) is 16.7 Å². The van der Waals surface area contributed by atoms with E-state index in [9.17, 15) is 24.1 Å². The summed E-state index contributed by atoms with van der Waals surface area (Å²) in [7, 11) is 0. The molecule has 0 aliphatic heterocycles. The van der Waals surface area contributed by atoms with E-state index in [1.165, 1.54) is 24.4 Å². The van der Waals surface area contributed by atoms with Gasteiger partial charge in [0.15, 0.2) is 0 Å². The van der Waals surface area contributed by atoms with Crippen molar-refractivity contribution in [3.05, 3.63) is 67.8 Å². The topological polar surface area (TPSA) is 94.2 Å². The summed E-state index contributed by atoms with van der Waals surface area (Å²) in [5, 5.41) is 12.9. The molecule has 0 fully saturated rings. The van der Waals surface area contributed by atoms with Crippen molar-refractivity contribution in [2.75, 3.05) is 5.32 Å². The van der Waals surface area contributed by atoms with Crippen LogP contribution in [0.2, 0.25) is 5.02 Å². The summed E-state index contributed by atoms with van der Waals surface area (Å²) in [5.41, 5.74) is -1.27. The number of pyridine rings is 1. The van der Waals surface area contributed by atoms with Gasteiger partial charge in [0, 0.05) is 18.0 Å². The maximum atomic E-state index is 13.0. The number of aromatic nitrogens is 1. The number of nitrogens with one attached hydrogen (secondary N) is 1. The molecule has 0 radical (unpaired) electrons. The highest BCUT2D eigenvalue weighted by atomic mass is 35.5. The number of rotatable bonds is 4. The molecule has 1 aromatic carbocycles. The van der Waals surface area contributed by atoms with E-state index in [-0.39, 0.29) is 10.7 Å². The Kier molecular flexibility index (Phi) is 4.52.